The van der Waals surface area contributed by atoms with Crippen molar-refractivity contribution >= 4 is 11.7 Å². The van der Waals surface area contributed by atoms with Crippen molar-refractivity contribution in [1.29, 1.82) is 0 Å². The van der Waals surface area contributed by atoms with Crippen LogP contribution >= 0.6 is 0 Å². The van der Waals surface area contributed by atoms with Crippen molar-refractivity contribution < 1.29 is 20.1 Å². The van der Waals surface area contributed by atoms with E-state index < -0.39 is 5.97 Å². The molecule has 1 aromatic heterocycles. The summed E-state index contributed by atoms with van der Waals surface area (Å²) in [6.45, 7) is 0.211. The molecular formula is C13H14N2O4. The average molecular weight is 262 g/mol. The standard InChI is InChI=1S/C13H14N2O4/c16-11-5-6-12(17)15(11)8-14-10-3-1-9(2-4-10)7-13(18)19/h1-6,14,16-17H,7-8H2,(H,18,19). The molecule has 0 saturated heterocycles. The third-order valence-electron chi connectivity index (χ3n) is 2.69. The second-order valence-electron chi connectivity index (χ2n) is 4.08. The minimum Gasteiger partial charge on any atom is -0.494 e. The first-order chi connectivity index (χ1) is 9.06. The number of carboxylic acid groups (broad SMARTS) is 1. The van der Waals surface area contributed by atoms with Crippen LogP contribution in [-0.2, 0) is 17.9 Å². The van der Waals surface area contributed by atoms with Crippen molar-refractivity contribution in [3.05, 3.63) is 42.0 Å². The van der Waals surface area contributed by atoms with Crippen molar-refractivity contribution in [2.75, 3.05) is 5.32 Å². The number of carbonyl (C=O) groups is 1. The van der Waals surface area contributed by atoms with Gasteiger partial charge in [0.1, 0.15) is 0 Å². The molecule has 1 heterocycles. The second-order valence-corrected chi connectivity index (χ2v) is 4.08. The number of aromatic nitrogens is 1. The van der Waals surface area contributed by atoms with Crippen LogP contribution in [0, 0.1) is 0 Å². The van der Waals surface area contributed by atoms with Gasteiger partial charge in [0.15, 0.2) is 11.8 Å². The molecule has 0 spiro atoms. The number of hydrogen-bond acceptors (Lipinski definition) is 4. The van der Waals surface area contributed by atoms with E-state index in [0.717, 1.165) is 5.69 Å². The predicted octanol–water partition coefficient (Wildman–Crippen LogP) is 1.60. The Labute approximate surface area is 109 Å². The number of anilines is 1. The number of nitrogens with zero attached hydrogens (tertiary/aromatic N) is 1. The molecule has 0 unspecified atom stereocenters. The average Bonchev–Trinajstić information content (AvgIpc) is 2.68. The van der Waals surface area contributed by atoms with Gasteiger partial charge in [0.2, 0.25) is 0 Å². The van der Waals surface area contributed by atoms with E-state index in [-0.39, 0.29) is 24.8 Å². The summed E-state index contributed by atoms with van der Waals surface area (Å²) >= 11 is 0. The number of hydrogen-bond donors (Lipinski definition) is 4. The Hall–Kier alpha value is -2.63. The summed E-state index contributed by atoms with van der Waals surface area (Å²) in [5.74, 6) is -0.942. The molecule has 0 radical (unpaired) electrons. The molecule has 1 aromatic carbocycles. The van der Waals surface area contributed by atoms with Gasteiger partial charge in [-0.1, -0.05) is 12.1 Å². The quantitative estimate of drug-likeness (QED) is 0.656. The van der Waals surface area contributed by atoms with Crippen LogP contribution in [0.25, 0.3) is 0 Å². The van der Waals surface area contributed by atoms with Crippen molar-refractivity contribution in [3.8, 4) is 11.8 Å². The zero-order chi connectivity index (χ0) is 13.8. The zero-order valence-electron chi connectivity index (χ0n) is 10.1. The number of aliphatic carboxylic acids is 1. The maximum Gasteiger partial charge on any atom is 0.307 e. The van der Waals surface area contributed by atoms with Crippen molar-refractivity contribution in [3.63, 3.8) is 0 Å². The Morgan fingerprint density at radius 2 is 1.63 bits per heavy atom. The van der Waals surface area contributed by atoms with Gasteiger partial charge in [-0.3, -0.25) is 9.36 Å². The highest BCUT2D eigenvalue weighted by Gasteiger charge is 2.05. The molecule has 6 nitrogen and oxygen atoms in total. The number of aromatic hydroxyl groups is 2. The molecule has 6 heteroatoms. The van der Waals surface area contributed by atoms with Crippen LogP contribution < -0.4 is 5.32 Å². The highest BCUT2D eigenvalue weighted by Crippen LogP contribution is 2.21. The van der Waals surface area contributed by atoms with Crippen LogP contribution in [0.4, 0.5) is 5.69 Å². The highest BCUT2D eigenvalue weighted by molar-refractivity contribution is 5.70. The molecule has 2 aromatic rings. The van der Waals surface area contributed by atoms with E-state index in [1.807, 2.05) is 0 Å². The van der Waals surface area contributed by atoms with Crippen LogP contribution in [0.3, 0.4) is 0 Å². The van der Waals surface area contributed by atoms with Crippen molar-refractivity contribution in [2.45, 2.75) is 13.1 Å². The van der Waals surface area contributed by atoms with Gasteiger partial charge in [-0.25, -0.2) is 0 Å². The molecule has 0 aliphatic heterocycles. The lowest BCUT2D eigenvalue weighted by atomic mass is 10.1. The van der Waals surface area contributed by atoms with Crippen LogP contribution in [0.2, 0.25) is 0 Å². The molecule has 0 fully saturated rings. The van der Waals surface area contributed by atoms with E-state index in [0.29, 0.717) is 5.56 Å². The van der Waals surface area contributed by atoms with E-state index >= 15 is 0 Å². The first-order valence-electron chi connectivity index (χ1n) is 5.68. The third kappa shape index (κ3) is 3.19. The fraction of sp³-hybridized carbons (Fsp3) is 0.154. The maximum atomic E-state index is 10.5. The Morgan fingerprint density at radius 3 is 2.16 bits per heavy atom. The Morgan fingerprint density at radius 1 is 1.05 bits per heavy atom. The molecule has 19 heavy (non-hydrogen) atoms. The lowest BCUT2D eigenvalue weighted by Gasteiger charge is -2.10. The number of nitrogens with one attached hydrogen (secondary N) is 1. The van der Waals surface area contributed by atoms with E-state index in [9.17, 15) is 15.0 Å². The van der Waals surface area contributed by atoms with Gasteiger partial charge in [0, 0.05) is 17.8 Å². The largest absolute Gasteiger partial charge is 0.494 e. The molecular weight excluding hydrogens is 248 g/mol. The van der Waals surface area contributed by atoms with Crippen LogP contribution in [0.15, 0.2) is 36.4 Å². The Bertz CT molecular complexity index is 555. The number of rotatable bonds is 5. The lowest BCUT2D eigenvalue weighted by Crippen LogP contribution is -2.07. The molecule has 2 rings (SSSR count). The van der Waals surface area contributed by atoms with Gasteiger partial charge in [0.25, 0.3) is 0 Å². The summed E-state index contributed by atoms with van der Waals surface area (Å²) in [5, 5.41) is 30.6. The second kappa shape index (κ2) is 5.34. The Balaban J connectivity index is 1.98. The van der Waals surface area contributed by atoms with Crippen molar-refractivity contribution in [2.24, 2.45) is 0 Å². The van der Waals surface area contributed by atoms with E-state index in [4.69, 9.17) is 5.11 Å². The first kappa shape index (κ1) is 12.8. The van der Waals surface area contributed by atoms with Gasteiger partial charge >= 0.3 is 5.97 Å². The predicted molar refractivity (Wildman–Crippen MR) is 69.2 cm³/mol. The minimum absolute atomic E-state index is 0.0144. The highest BCUT2D eigenvalue weighted by atomic mass is 16.4. The summed E-state index contributed by atoms with van der Waals surface area (Å²) in [6.07, 6.45) is -0.0144. The summed E-state index contributed by atoms with van der Waals surface area (Å²) in [4.78, 5) is 10.5. The normalized spacial score (nSPS) is 10.3. The molecule has 0 atom stereocenters. The molecule has 0 amide bonds. The molecule has 0 aliphatic carbocycles. The molecule has 100 valence electrons. The first-order valence-corrected chi connectivity index (χ1v) is 5.68. The molecule has 0 bridgehead atoms. The smallest absolute Gasteiger partial charge is 0.307 e. The third-order valence-corrected chi connectivity index (χ3v) is 2.69. The van der Waals surface area contributed by atoms with E-state index in [2.05, 4.69) is 5.32 Å². The number of benzene rings is 1. The van der Waals surface area contributed by atoms with Gasteiger partial charge < -0.3 is 20.6 Å². The van der Waals surface area contributed by atoms with Crippen molar-refractivity contribution in [1.82, 2.24) is 4.57 Å². The number of carboxylic acids is 1. The molecule has 0 saturated carbocycles. The summed E-state index contributed by atoms with van der Waals surface area (Å²) in [5.41, 5.74) is 1.48. The van der Waals surface area contributed by atoms with E-state index in [1.54, 1.807) is 24.3 Å². The Kier molecular flexibility index (Phi) is 3.61. The summed E-state index contributed by atoms with van der Waals surface area (Å²) in [6, 6.07) is 9.71. The van der Waals surface area contributed by atoms with Gasteiger partial charge in [-0.2, -0.15) is 0 Å². The maximum absolute atomic E-state index is 10.5. The zero-order valence-corrected chi connectivity index (χ0v) is 10.1. The van der Waals surface area contributed by atoms with Gasteiger partial charge in [0.05, 0.1) is 13.1 Å². The fourth-order valence-corrected chi connectivity index (χ4v) is 1.69. The summed E-state index contributed by atoms with van der Waals surface area (Å²) in [7, 11) is 0. The van der Waals surface area contributed by atoms with Crippen LogP contribution in [0.5, 0.6) is 11.8 Å². The fourth-order valence-electron chi connectivity index (χ4n) is 1.69. The molecule has 0 aliphatic rings. The van der Waals surface area contributed by atoms with E-state index in [1.165, 1.54) is 16.7 Å². The van der Waals surface area contributed by atoms with Gasteiger partial charge in [-0.15, -0.1) is 0 Å². The summed E-state index contributed by atoms with van der Waals surface area (Å²) < 4.78 is 1.30. The topological polar surface area (TPSA) is 94.7 Å². The van der Waals surface area contributed by atoms with Crippen LogP contribution in [-0.4, -0.2) is 25.9 Å². The molecule has 4 N–H and O–H groups in total. The monoisotopic (exact) mass is 262 g/mol. The van der Waals surface area contributed by atoms with Gasteiger partial charge in [-0.05, 0) is 17.7 Å². The lowest BCUT2D eigenvalue weighted by molar-refractivity contribution is -0.136. The minimum atomic E-state index is -0.872. The van der Waals surface area contributed by atoms with Crippen LogP contribution in [0.1, 0.15) is 5.56 Å². The SMILES string of the molecule is O=C(O)Cc1ccc(NCn2c(O)ccc2O)cc1.